The Balaban J connectivity index is 2.76. The molecule has 0 aliphatic carbocycles. The molecule has 0 amide bonds. The van der Waals surface area contributed by atoms with Crippen molar-refractivity contribution in [3.63, 3.8) is 0 Å². The quantitative estimate of drug-likeness (QED) is 0.805. The standard InChI is InChI=1S/C14H25N3O/c1-6-15-8-10(2)7-13-11(3)16-14(9-18-5)17-12(13)4/h10,15H,6-9H2,1-5H3. The molecule has 0 saturated carbocycles. The SMILES string of the molecule is CCNCC(C)Cc1c(C)nc(COC)nc1C. The molecule has 0 fully saturated rings. The topological polar surface area (TPSA) is 47.0 Å². The van der Waals surface area contributed by atoms with Gasteiger partial charge in [-0.2, -0.15) is 0 Å². The summed E-state index contributed by atoms with van der Waals surface area (Å²) in [4.78, 5) is 9.00. The van der Waals surface area contributed by atoms with Crippen molar-refractivity contribution in [3.8, 4) is 0 Å². The highest BCUT2D eigenvalue weighted by atomic mass is 16.5. The summed E-state index contributed by atoms with van der Waals surface area (Å²) in [5.41, 5.74) is 3.44. The summed E-state index contributed by atoms with van der Waals surface area (Å²) in [5.74, 6) is 1.37. The van der Waals surface area contributed by atoms with E-state index in [-0.39, 0.29) is 0 Å². The molecule has 0 aromatic carbocycles. The van der Waals surface area contributed by atoms with E-state index >= 15 is 0 Å². The molecule has 1 heterocycles. The zero-order valence-electron chi connectivity index (χ0n) is 12.2. The maximum atomic E-state index is 5.08. The van der Waals surface area contributed by atoms with Gasteiger partial charge in [0.25, 0.3) is 0 Å². The second kappa shape index (κ2) is 7.44. The molecule has 1 aromatic rings. The molecule has 0 spiro atoms. The number of rotatable bonds is 7. The van der Waals surface area contributed by atoms with Crippen molar-refractivity contribution in [1.29, 1.82) is 0 Å². The average Bonchev–Trinajstić information content (AvgIpc) is 2.31. The first kappa shape index (κ1) is 15.1. The summed E-state index contributed by atoms with van der Waals surface area (Å²) >= 11 is 0. The monoisotopic (exact) mass is 251 g/mol. The van der Waals surface area contributed by atoms with Crippen LogP contribution in [0.5, 0.6) is 0 Å². The number of nitrogens with zero attached hydrogens (tertiary/aromatic N) is 2. The summed E-state index contributed by atoms with van der Waals surface area (Å²) in [6.07, 6.45) is 1.03. The highest BCUT2D eigenvalue weighted by Gasteiger charge is 2.11. The third-order valence-electron chi connectivity index (χ3n) is 3.04. The van der Waals surface area contributed by atoms with Crippen LogP contribution in [0.2, 0.25) is 0 Å². The molecule has 0 aliphatic rings. The van der Waals surface area contributed by atoms with Crippen LogP contribution in [0.1, 0.15) is 36.6 Å². The molecule has 1 atom stereocenters. The van der Waals surface area contributed by atoms with Crippen LogP contribution in [0.15, 0.2) is 0 Å². The van der Waals surface area contributed by atoms with Gasteiger partial charge >= 0.3 is 0 Å². The minimum Gasteiger partial charge on any atom is -0.377 e. The van der Waals surface area contributed by atoms with Gasteiger partial charge < -0.3 is 10.1 Å². The smallest absolute Gasteiger partial charge is 0.154 e. The molecule has 4 nitrogen and oxygen atoms in total. The van der Waals surface area contributed by atoms with E-state index in [0.29, 0.717) is 12.5 Å². The summed E-state index contributed by atoms with van der Waals surface area (Å²) in [6.45, 7) is 11.0. The molecule has 0 saturated heterocycles. The number of nitrogens with one attached hydrogen (secondary N) is 1. The first-order valence-corrected chi connectivity index (χ1v) is 6.61. The van der Waals surface area contributed by atoms with Crippen LogP contribution in [0.25, 0.3) is 0 Å². The Labute approximate surface area is 110 Å². The summed E-state index contributed by atoms with van der Waals surface area (Å²) in [7, 11) is 1.67. The number of ether oxygens (including phenoxy) is 1. The van der Waals surface area contributed by atoms with Gasteiger partial charge in [-0.05, 0) is 44.8 Å². The van der Waals surface area contributed by atoms with E-state index in [1.807, 2.05) is 0 Å². The molecule has 0 aliphatic heterocycles. The minimum atomic E-state index is 0.481. The van der Waals surface area contributed by atoms with Crippen molar-refractivity contribution in [1.82, 2.24) is 15.3 Å². The number of aryl methyl sites for hydroxylation is 2. The lowest BCUT2D eigenvalue weighted by Crippen LogP contribution is -2.22. The van der Waals surface area contributed by atoms with Gasteiger partial charge in [0.05, 0.1) is 0 Å². The molecule has 0 radical (unpaired) electrons. The molecule has 1 rings (SSSR count). The summed E-state index contributed by atoms with van der Waals surface area (Å²) in [6, 6.07) is 0. The largest absolute Gasteiger partial charge is 0.377 e. The number of hydrogen-bond acceptors (Lipinski definition) is 4. The second-order valence-electron chi connectivity index (χ2n) is 4.84. The zero-order valence-corrected chi connectivity index (χ0v) is 12.2. The van der Waals surface area contributed by atoms with Gasteiger partial charge in [-0.25, -0.2) is 9.97 Å². The fourth-order valence-corrected chi connectivity index (χ4v) is 2.11. The first-order chi connectivity index (χ1) is 8.58. The van der Waals surface area contributed by atoms with Crippen LogP contribution in [0.4, 0.5) is 0 Å². The first-order valence-electron chi connectivity index (χ1n) is 6.61. The predicted molar refractivity (Wildman–Crippen MR) is 73.6 cm³/mol. The molecule has 0 bridgehead atoms. The minimum absolute atomic E-state index is 0.481. The molecular weight excluding hydrogens is 226 g/mol. The Morgan fingerprint density at radius 2 is 1.83 bits per heavy atom. The van der Waals surface area contributed by atoms with Gasteiger partial charge in [-0.15, -0.1) is 0 Å². The van der Waals surface area contributed by atoms with Crippen LogP contribution < -0.4 is 5.32 Å². The lowest BCUT2D eigenvalue weighted by atomic mass is 9.98. The molecular formula is C14H25N3O. The van der Waals surface area contributed by atoms with Gasteiger partial charge in [0.2, 0.25) is 0 Å². The van der Waals surface area contributed by atoms with E-state index in [1.165, 1.54) is 5.56 Å². The van der Waals surface area contributed by atoms with E-state index in [0.717, 1.165) is 36.7 Å². The summed E-state index contributed by atoms with van der Waals surface area (Å²) < 4.78 is 5.08. The lowest BCUT2D eigenvalue weighted by Gasteiger charge is -2.15. The van der Waals surface area contributed by atoms with E-state index in [1.54, 1.807) is 7.11 Å². The van der Waals surface area contributed by atoms with E-state index in [9.17, 15) is 0 Å². The lowest BCUT2D eigenvalue weighted by molar-refractivity contribution is 0.177. The van der Waals surface area contributed by atoms with Crippen molar-refractivity contribution in [2.24, 2.45) is 5.92 Å². The van der Waals surface area contributed by atoms with Crippen LogP contribution in [0.3, 0.4) is 0 Å². The maximum absolute atomic E-state index is 5.08. The molecule has 1 unspecified atom stereocenters. The van der Waals surface area contributed by atoms with Gasteiger partial charge in [0.15, 0.2) is 5.82 Å². The third-order valence-corrected chi connectivity index (χ3v) is 3.04. The average molecular weight is 251 g/mol. The predicted octanol–water partition coefficient (Wildman–Crippen LogP) is 2.03. The van der Waals surface area contributed by atoms with E-state index in [2.05, 4.69) is 43.0 Å². The Morgan fingerprint density at radius 3 is 2.33 bits per heavy atom. The molecule has 18 heavy (non-hydrogen) atoms. The van der Waals surface area contributed by atoms with E-state index < -0.39 is 0 Å². The number of aromatic nitrogens is 2. The molecule has 1 N–H and O–H groups in total. The third kappa shape index (κ3) is 4.35. The van der Waals surface area contributed by atoms with Gasteiger partial charge in [0, 0.05) is 18.5 Å². The second-order valence-corrected chi connectivity index (χ2v) is 4.84. The van der Waals surface area contributed by atoms with Gasteiger partial charge in [-0.3, -0.25) is 0 Å². The fourth-order valence-electron chi connectivity index (χ4n) is 2.11. The highest BCUT2D eigenvalue weighted by Crippen LogP contribution is 2.15. The Hall–Kier alpha value is -1.00. The maximum Gasteiger partial charge on any atom is 0.154 e. The zero-order chi connectivity index (χ0) is 13.5. The van der Waals surface area contributed by atoms with Crippen molar-refractivity contribution in [2.45, 2.75) is 40.7 Å². The Kier molecular flexibility index (Phi) is 6.22. The Morgan fingerprint density at radius 1 is 1.22 bits per heavy atom. The van der Waals surface area contributed by atoms with Crippen molar-refractivity contribution in [3.05, 3.63) is 22.8 Å². The molecule has 4 heteroatoms. The van der Waals surface area contributed by atoms with Crippen LogP contribution in [-0.2, 0) is 17.8 Å². The van der Waals surface area contributed by atoms with Gasteiger partial charge in [-0.1, -0.05) is 13.8 Å². The Bertz CT molecular complexity index is 356. The number of methoxy groups -OCH3 is 1. The van der Waals surface area contributed by atoms with Crippen molar-refractivity contribution in [2.75, 3.05) is 20.2 Å². The van der Waals surface area contributed by atoms with Gasteiger partial charge in [0.1, 0.15) is 6.61 Å². The fraction of sp³-hybridized carbons (Fsp3) is 0.714. The molecule has 1 aromatic heterocycles. The van der Waals surface area contributed by atoms with Crippen LogP contribution in [0, 0.1) is 19.8 Å². The number of hydrogen-bond donors (Lipinski definition) is 1. The van der Waals surface area contributed by atoms with Crippen LogP contribution in [-0.4, -0.2) is 30.2 Å². The summed E-state index contributed by atoms with van der Waals surface area (Å²) in [5, 5.41) is 3.38. The highest BCUT2D eigenvalue weighted by molar-refractivity contribution is 5.24. The van der Waals surface area contributed by atoms with Crippen molar-refractivity contribution < 1.29 is 4.74 Å². The normalized spacial score (nSPS) is 12.7. The molecule has 102 valence electrons. The van der Waals surface area contributed by atoms with Crippen molar-refractivity contribution >= 4 is 0 Å². The van der Waals surface area contributed by atoms with E-state index in [4.69, 9.17) is 4.74 Å². The van der Waals surface area contributed by atoms with Crippen LogP contribution >= 0.6 is 0 Å².